The van der Waals surface area contributed by atoms with Crippen molar-refractivity contribution in [2.75, 3.05) is 31.1 Å². The van der Waals surface area contributed by atoms with E-state index in [1.54, 1.807) is 4.90 Å². The van der Waals surface area contributed by atoms with Crippen molar-refractivity contribution >= 4 is 34.4 Å². The molecule has 9 heteroatoms. The van der Waals surface area contributed by atoms with E-state index in [1.165, 1.54) is 17.3 Å². The highest BCUT2D eigenvalue weighted by Gasteiger charge is 2.23. The molecule has 1 amide bonds. The molecule has 1 saturated heterocycles. The number of piperazine rings is 1. The van der Waals surface area contributed by atoms with E-state index < -0.39 is 0 Å². The van der Waals surface area contributed by atoms with Crippen LogP contribution in [0.25, 0.3) is 11.2 Å². The molecule has 1 fully saturated rings. The van der Waals surface area contributed by atoms with Gasteiger partial charge in [0.2, 0.25) is 5.91 Å². The second-order valence-corrected chi connectivity index (χ2v) is 8.62. The van der Waals surface area contributed by atoms with Gasteiger partial charge in [-0.15, -0.1) is 0 Å². The number of nitrogens with zero attached hydrogens (tertiary/aromatic N) is 6. The lowest BCUT2D eigenvalue weighted by Crippen LogP contribution is -2.50. The number of amides is 1. The lowest BCUT2D eigenvalue weighted by atomic mass is 10.2. The molecule has 0 radical (unpaired) electrons. The zero-order valence-electron chi connectivity index (χ0n) is 17.3. The van der Waals surface area contributed by atoms with Crippen LogP contribution in [0.5, 0.6) is 0 Å². The van der Waals surface area contributed by atoms with E-state index in [0.717, 1.165) is 50.4 Å². The standard InChI is InChI=1S/C22H25ClN6O2/c23-16-5-4-6-17(13-16)26-9-11-27(12-10-26)19(30)14-28-15-24-21-20(22(28)31)25-18-7-2-1-3-8-29(18)21/h4-6,13,15H,1-3,7-12,14H2. The van der Waals surface area contributed by atoms with Crippen LogP contribution in [-0.2, 0) is 24.3 Å². The topological polar surface area (TPSA) is 76.3 Å². The third-order valence-electron chi connectivity index (χ3n) is 6.20. The number of aromatic nitrogens is 4. The second-order valence-electron chi connectivity index (χ2n) is 8.19. The van der Waals surface area contributed by atoms with Crippen molar-refractivity contribution in [2.24, 2.45) is 0 Å². The maximum atomic E-state index is 13.0. The molecule has 1 aromatic carbocycles. The van der Waals surface area contributed by atoms with Crippen molar-refractivity contribution in [1.29, 1.82) is 0 Å². The van der Waals surface area contributed by atoms with Crippen molar-refractivity contribution in [1.82, 2.24) is 24.0 Å². The number of rotatable bonds is 3. The fourth-order valence-electron chi connectivity index (χ4n) is 4.48. The first-order valence-corrected chi connectivity index (χ1v) is 11.2. The third-order valence-corrected chi connectivity index (χ3v) is 6.43. The van der Waals surface area contributed by atoms with Gasteiger partial charge < -0.3 is 14.4 Å². The molecule has 162 valence electrons. The average molecular weight is 441 g/mol. The Balaban J connectivity index is 1.28. The van der Waals surface area contributed by atoms with Crippen LogP contribution in [0.3, 0.4) is 0 Å². The summed E-state index contributed by atoms with van der Waals surface area (Å²) in [6, 6.07) is 7.74. The molecule has 2 aromatic heterocycles. The molecular weight excluding hydrogens is 416 g/mol. The number of anilines is 1. The Morgan fingerprint density at radius 2 is 1.90 bits per heavy atom. The molecule has 5 rings (SSSR count). The van der Waals surface area contributed by atoms with Gasteiger partial charge in [0.25, 0.3) is 5.56 Å². The number of fused-ring (bicyclic) bond motifs is 3. The monoisotopic (exact) mass is 440 g/mol. The minimum atomic E-state index is -0.239. The predicted octanol–water partition coefficient (Wildman–Crippen LogP) is 2.32. The largest absolute Gasteiger partial charge is 0.368 e. The van der Waals surface area contributed by atoms with Gasteiger partial charge in [-0.3, -0.25) is 14.2 Å². The van der Waals surface area contributed by atoms with Crippen molar-refractivity contribution < 1.29 is 4.79 Å². The van der Waals surface area contributed by atoms with E-state index >= 15 is 0 Å². The summed E-state index contributed by atoms with van der Waals surface area (Å²) in [4.78, 5) is 38.9. The molecule has 4 heterocycles. The van der Waals surface area contributed by atoms with Crippen molar-refractivity contribution in [3.05, 3.63) is 51.8 Å². The molecule has 0 N–H and O–H groups in total. The number of hydrogen-bond acceptors (Lipinski definition) is 5. The second kappa shape index (κ2) is 8.34. The molecule has 2 aliphatic heterocycles. The molecule has 0 bridgehead atoms. The van der Waals surface area contributed by atoms with E-state index in [9.17, 15) is 9.59 Å². The smallest absolute Gasteiger partial charge is 0.282 e. The Labute approximate surface area is 185 Å². The van der Waals surface area contributed by atoms with Crippen LogP contribution < -0.4 is 10.5 Å². The fraction of sp³-hybridized carbons (Fsp3) is 0.455. The van der Waals surface area contributed by atoms with Crippen LogP contribution in [0, 0.1) is 0 Å². The van der Waals surface area contributed by atoms with Crippen LogP contribution in [-0.4, -0.2) is 56.1 Å². The zero-order chi connectivity index (χ0) is 21.4. The third kappa shape index (κ3) is 3.92. The quantitative estimate of drug-likeness (QED) is 0.624. The zero-order valence-corrected chi connectivity index (χ0v) is 18.1. The Hall–Kier alpha value is -2.87. The summed E-state index contributed by atoms with van der Waals surface area (Å²) in [6.45, 7) is 3.50. The van der Waals surface area contributed by atoms with Crippen molar-refractivity contribution in [2.45, 2.75) is 38.8 Å². The van der Waals surface area contributed by atoms with E-state index in [4.69, 9.17) is 11.6 Å². The van der Waals surface area contributed by atoms with Crippen molar-refractivity contribution in [3.8, 4) is 0 Å². The molecule has 0 unspecified atom stereocenters. The highest BCUT2D eigenvalue weighted by molar-refractivity contribution is 6.30. The Morgan fingerprint density at radius 1 is 1.06 bits per heavy atom. The summed E-state index contributed by atoms with van der Waals surface area (Å²) in [5, 5.41) is 0.704. The number of hydrogen-bond donors (Lipinski definition) is 0. The number of benzene rings is 1. The van der Waals surface area contributed by atoms with Crippen LogP contribution in [0.2, 0.25) is 5.02 Å². The minimum absolute atomic E-state index is 0.0128. The van der Waals surface area contributed by atoms with Crippen LogP contribution in [0.1, 0.15) is 25.1 Å². The molecular formula is C22H25ClN6O2. The van der Waals surface area contributed by atoms with E-state index in [2.05, 4.69) is 19.4 Å². The van der Waals surface area contributed by atoms with Gasteiger partial charge in [-0.2, -0.15) is 0 Å². The lowest BCUT2D eigenvalue weighted by molar-refractivity contribution is -0.132. The summed E-state index contributed by atoms with van der Waals surface area (Å²) < 4.78 is 3.45. The number of imidazole rings is 1. The molecule has 31 heavy (non-hydrogen) atoms. The highest BCUT2D eigenvalue weighted by atomic mass is 35.5. The first-order valence-electron chi connectivity index (χ1n) is 10.8. The summed E-state index contributed by atoms with van der Waals surface area (Å²) in [5.74, 6) is 0.855. The van der Waals surface area contributed by atoms with Gasteiger partial charge in [-0.1, -0.05) is 24.1 Å². The van der Waals surface area contributed by atoms with Gasteiger partial charge in [-0.25, -0.2) is 9.97 Å². The Kier molecular flexibility index (Phi) is 5.40. The summed E-state index contributed by atoms with van der Waals surface area (Å²) in [6.07, 6.45) is 5.68. The number of carbonyl (C=O) groups is 1. The van der Waals surface area contributed by atoms with Crippen molar-refractivity contribution in [3.63, 3.8) is 0 Å². The highest BCUT2D eigenvalue weighted by Crippen LogP contribution is 2.21. The van der Waals surface area contributed by atoms with E-state index in [-0.39, 0.29) is 18.0 Å². The minimum Gasteiger partial charge on any atom is -0.368 e. The summed E-state index contributed by atoms with van der Waals surface area (Å²) >= 11 is 6.09. The normalized spacial score (nSPS) is 16.9. The van der Waals surface area contributed by atoms with Gasteiger partial charge in [0.1, 0.15) is 18.7 Å². The molecule has 0 atom stereocenters. The molecule has 0 spiro atoms. The maximum absolute atomic E-state index is 13.0. The number of aryl methyl sites for hydroxylation is 2. The Bertz CT molecular complexity index is 1180. The summed E-state index contributed by atoms with van der Waals surface area (Å²) in [7, 11) is 0. The first kappa shape index (κ1) is 20.1. The Morgan fingerprint density at radius 3 is 2.71 bits per heavy atom. The molecule has 2 aliphatic rings. The van der Waals surface area contributed by atoms with Gasteiger partial charge in [0, 0.05) is 49.9 Å². The number of carbonyl (C=O) groups excluding carboxylic acids is 1. The first-order chi connectivity index (χ1) is 15.1. The fourth-order valence-corrected chi connectivity index (χ4v) is 4.66. The molecule has 0 saturated carbocycles. The lowest BCUT2D eigenvalue weighted by Gasteiger charge is -2.36. The molecule has 3 aromatic rings. The van der Waals surface area contributed by atoms with Gasteiger partial charge in [0.15, 0.2) is 11.2 Å². The summed E-state index contributed by atoms with van der Waals surface area (Å²) in [5.41, 5.74) is 1.83. The predicted molar refractivity (Wildman–Crippen MR) is 120 cm³/mol. The van der Waals surface area contributed by atoms with Gasteiger partial charge in [0.05, 0.1) is 0 Å². The number of halogens is 1. The maximum Gasteiger partial charge on any atom is 0.282 e. The molecule has 8 nitrogen and oxygen atoms in total. The van der Waals surface area contributed by atoms with Gasteiger partial charge >= 0.3 is 0 Å². The van der Waals surface area contributed by atoms with Crippen LogP contribution in [0.4, 0.5) is 5.69 Å². The SMILES string of the molecule is O=C(Cn1cnc2c(nc3n2CCCCC3)c1=O)N1CCN(c2cccc(Cl)c2)CC1. The van der Waals surface area contributed by atoms with E-state index in [0.29, 0.717) is 29.3 Å². The van der Waals surface area contributed by atoms with Crippen LogP contribution >= 0.6 is 11.6 Å². The van der Waals surface area contributed by atoms with Gasteiger partial charge in [-0.05, 0) is 31.0 Å². The molecule has 0 aliphatic carbocycles. The average Bonchev–Trinajstić information content (AvgIpc) is 2.97. The van der Waals surface area contributed by atoms with E-state index in [1.807, 2.05) is 24.3 Å². The van der Waals surface area contributed by atoms with Crippen LogP contribution in [0.15, 0.2) is 35.4 Å².